The molecule has 1 aliphatic carbocycles. The first kappa shape index (κ1) is 23.0. The summed E-state index contributed by atoms with van der Waals surface area (Å²) in [4.78, 5) is 4.70. The van der Waals surface area contributed by atoms with Crippen molar-refractivity contribution >= 4 is 51.5 Å². The number of hydrogen-bond donors (Lipinski definition) is 0. The molecule has 0 spiro atoms. The van der Waals surface area contributed by atoms with Gasteiger partial charge in [0.25, 0.3) is 6.71 Å². The van der Waals surface area contributed by atoms with Crippen LogP contribution in [0.2, 0.25) is 0 Å². The van der Waals surface area contributed by atoms with Gasteiger partial charge in [-0.25, -0.2) is 0 Å². The van der Waals surface area contributed by atoms with Crippen LogP contribution in [0.15, 0.2) is 145 Å². The van der Waals surface area contributed by atoms with Crippen LogP contribution in [0.25, 0.3) is 0 Å². The molecule has 0 unspecified atom stereocenters. The fourth-order valence-corrected chi connectivity index (χ4v) is 6.40. The Bertz CT molecular complexity index is 1760. The Hall–Kier alpha value is -4.96. The van der Waals surface area contributed by atoms with Crippen molar-refractivity contribution in [3.8, 4) is 11.5 Å². The fourth-order valence-electron chi connectivity index (χ4n) is 6.40. The predicted octanol–water partition coefficient (Wildman–Crippen LogP) is 7.46. The highest BCUT2D eigenvalue weighted by Crippen LogP contribution is 2.41. The molecule has 0 aromatic heterocycles. The van der Waals surface area contributed by atoms with Crippen LogP contribution in [0.4, 0.5) is 28.4 Å². The van der Waals surface area contributed by atoms with E-state index in [4.69, 9.17) is 4.74 Å². The molecule has 5 aromatic carbocycles. The summed E-state index contributed by atoms with van der Waals surface area (Å²) in [5.74, 6) is 1.84. The van der Waals surface area contributed by atoms with Crippen molar-refractivity contribution in [3.05, 3.63) is 145 Å². The summed E-state index contributed by atoms with van der Waals surface area (Å²) in [6.07, 6.45) is 9.03. The first-order valence-electron chi connectivity index (χ1n) is 14.0. The number of allylic oxidation sites excluding steroid dienone is 3. The Kier molecular flexibility index (Phi) is 5.37. The Morgan fingerprint density at radius 3 is 2.08 bits per heavy atom. The van der Waals surface area contributed by atoms with Gasteiger partial charge < -0.3 is 14.5 Å². The minimum atomic E-state index is 0.103. The van der Waals surface area contributed by atoms with Crippen LogP contribution in [-0.4, -0.2) is 6.71 Å². The lowest BCUT2D eigenvalue weighted by atomic mass is 9.34. The molecule has 0 N–H and O–H groups in total. The number of ether oxygens (including phenoxy) is 1. The minimum Gasteiger partial charge on any atom is -0.458 e. The van der Waals surface area contributed by atoms with Gasteiger partial charge in [-0.05, 0) is 83.8 Å². The van der Waals surface area contributed by atoms with E-state index in [0.29, 0.717) is 0 Å². The van der Waals surface area contributed by atoms with Crippen LogP contribution < -0.4 is 30.9 Å². The largest absolute Gasteiger partial charge is 0.458 e. The highest BCUT2D eigenvalue weighted by molar-refractivity contribution is 6.99. The van der Waals surface area contributed by atoms with Gasteiger partial charge in [-0.15, -0.1) is 0 Å². The summed E-state index contributed by atoms with van der Waals surface area (Å²) in [7, 11) is 0. The van der Waals surface area contributed by atoms with E-state index in [1.165, 1.54) is 33.5 Å². The van der Waals surface area contributed by atoms with Crippen LogP contribution in [0, 0.1) is 0 Å². The van der Waals surface area contributed by atoms with Gasteiger partial charge in [0, 0.05) is 40.2 Å². The molecule has 4 heteroatoms. The van der Waals surface area contributed by atoms with E-state index in [1.54, 1.807) is 0 Å². The van der Waals surface area contributed by atoms with Crippen molar-refractivity contribution < 1.29 is 4.74 Å². The zero-order valence-corrected chi connectivity index (χ0v) is 22.1. The van der Waals surface area contributed by atoms with E-state index in [0.717, 1.165) is 41.4 Å². The third-order valence-electron chi connectivity index (χ3n) is 8.11. The Morgan fingerprint density at radius 2 is 1.32 bits per heavy atom. The van der Waals surface area contributed by atoms with E-state index >= 15 is 0 Å². The number of anilines is 5. The molecule has 0 fully saturated rings. The maximum Gasteiger partial charge on any atom is 0.256 e. The second-order valence-electron chi connectivity index (χ2n) is 10.5. The number of fused-ring (bicyclic) bond motifs is 4. The zero-order chi connectivity index (χ0) is 26.5. The van der Waals surface area contributed by atoms with Crippen LogP contribution in [0.5, 0.6) is 11.5 Å². The van der Waals surface area contributed by atoms with Gasteiger partial charge in [-0.3, -0.25) is 0 Å². The van der Waals surface area contributed by atoms with Crippen LogP contribution in [-0.2, 0) is 0 Å². The summed E-state index contributed by atoms with van der Waals surface area (Å²) in [5.41, 5.74) is 10.7. The number of hydrogen-bond acceptors (Lipinski definition) is 3. The first-order valence-corrected chi connectivity index (χ1v) is 14.0. The normalized spacial score (nSPS) is 14.4. The summed E-state index contributed by atoms with van der Waals surface area (Å²) in [5, 5.41) is 0. The maximum absolute atomic E-state index is 6.75. The smallest absolute Gasteiger partial charge is 0.256 e. The van der Waals surface area contributed by atoms with Crippen molar-refractivity contribution in [3.63, 3.8) is 0 Å². The van der Waals surface area contributed by atoms with E-state index in [9.17, 15) is 0 Å². The number of nitrogens with zero attached hydrogens (tertiary/aromatic N) is 2. The molecule has 3 nitrogen and oxygen atoms in total. The third kappa shape index (κ3) is 3.60. The second kappa shape index (κ2) is 9.35. The monoisotopic (exact) mass is 514 g/mol. The molecular formula is C36H27BN2O. The van der Waals surface area contributed by atoms with Crippen molar-refractivity contribution in [1.82, 2.24) is 0 Å². The first-order chi connectivity index (χ1) is 19.9. The van der Waals surface area contributed by atoms with Gasteiger partial charge in [0.1, 0.15) is 11.5 Å². The van der Waals surface area contributed by atoms with Crippen LogP contribution in [0.1, 0.15) is 12.8 Å². The van der Waals surface area contributed by atoms with Gasteiger partial charge in [-0.2, -0.15) is 0 Å². The summed E-state index contributed by atoms with van der Waals surface area (Å²) in [6.45, 7) is 0.103. The quantitative estimate of drug-likeness (QED) is 0.227. The van der Waals surface area contributed by atoms with Crippen LogP contribution in [0.3, 0.4) is 0 Å². The molecule has 5 aromatic rings. The Balaban J connectivity index is 1.30. The molecular weight excluding hydrogens is 487 g/mol. The molecule has 190 valence electrons. The lowest BCUT2D eigenvalue weighted by Gasteiger charge is -2.40. The molecule has 0 atom stereocenters. The zero-order valence-electron chi connectivity index (χ0n) is 22.1. The van der Waals surface area contributed by atoms with Gasteiger partial charge >= 0.3 is 0 Å². The lowest BCUT2D eigenvalue weighted by molar-refractivity contribution is 0.487. The van der Waals surface area contributed by atoms with Gasteiger partial charge in [0.05, 0.1) is 0 Å². The minimum absolute atomic E-state index is 0.103. The molecule has 40 heavy (non-hydrogen) atoms. The van der Waals surface area contributed by atoms with Crippen molar-refractivity contribution in [2.45, 2.75) is 12.8 Å². The lowest BCUT2D eigenvalue weighted by Crippen LogP contribution is -2.59. The number of benzene rings is 5. The average molecular weight is 514 g/mol. The van der Waals surface area contributed by atoms with Gasteiger partial charge in [0.15, 0.2) is 0 Å². The molecule has 0 radical (unpaired) electrons. The SMILES string of the molecule is C1=CC(N2c3ccccc3B3c4ccc(N(c5ccccc5)c5ccccc5)cc4Oc4cccc2c43)=CCC1. The van der Waals surface area contributed by atoms with Crippen molar-refractivity contribution in [2.24, 2.45) is 0 Å². The highest BCUT2D eigenvalue weighted by atomic mass is 16.5. The topological polar surface area (TPSA) is 15.7 Å². The number of rotatable bonds is 4. The second-order valence-corrected chi connectivity index (χ2v) is 10.5. The van der Waals surface area contributed by atoms with E-state index in [1.807, 2.05) is 0 Å². The van der Waals surface area contributed by atoms with E-state index in [-0.39, 0.29) is 6.71 Å². The predicted molar refractivity (Wildman–Crippen MR) is 167 cm³/mol. The number of para-hydroxylation sites is 3. The third-order valence-corrected chi connectivity index (χ3v) is 8.11. The molecule has 0 amide bonds. The highest BCUT2D eigenvalue weighted by Gasteiger charge is 2.41. The molecule has 0 saturated carbocycles. The molecule has 8 rings (SSSR count). The molecule has 3 aliphatic rings. The average Bonchev–Trinajstić information content (AvgIpc) is 3.02. The van der Waals surface area contributed by atoms with Crippen LogP contribution >= 0.6 is 0 Å². The van der Waals surface area contributed by atoms with Crippen molar-refractivity contribution in [1.29, 1.82) is 0 Å². The standard InChI is InChI=1S/C36H27BN2O/c1-4-13-26(14-5-1)38(27-15-6-2-7-16-27)29-23-24-31-35(25-29)40-34-22-12-21-33-36(34)37(31)30-19-10-11-20-32(30)39(33)28-17-8-3-9-18-28/h1-2,4-8,10-25H,3,9H2. The summed E-state index contributed by atoms with van der Waals surface area (Å²) in [6, 6.07) is 43.0. The van der Waals surface area contributed by atoms with Gasteiger partial charge in [-0.1, -0.05) is 78.9 Å². The summed E-state index contributed by atoms with van der Waals surface area (Å²) >= 11 is 0. The van der Waals surface area contributed by atoms with E-state index in [2.05, 4.69) is 149 Å². The molecule has 0 bridgehead atoms. The molecule has 2 aliphatic heterocycles. The summed E-state index contributed by atoms with van der Waals surface area (Å²) < 4.78 is 6.75. The fraction of sp³-hybridized carbons (Fsp3) is 0.0556. The maximum atomic E-state index is 6.75. The molecule has 0 saturated heterocycles. The Labute approximate surface area is 235 Å². The molecule has 2 heterocycles. The van der Waals surface area contributed by atoms with Crippen molar-refractivity contribution in [2.75, 3.05) is 9.80 Å². The van der Waals surface area contributed by atoms with E-state index < -0.39 is 0 Å². The Morgan fingerprint density at radius 1 is 0.600 bits per heavy atom. The van der Waals surface area contributed by atoms with Gasteiger partial charge in [0.2, 0.25) is 0 Å².